The van der Waals surface area contributed by atoms with Crippen molar-refractivity contribution < 1.29 is 18.3 Å². The van der Waals surface area contributed by atoms with Crippen molar-refractivity contribution in [1.82, 2.24) is 5.32 Å². The van der Waals surface area contributed by atoms with Gasteiger partial charge in [0.2, 0.25) is 0 Å². The Bertz CT molecular complexity index is 1240. The van der Waals surface area contributed by atoms with Crippen molar-refractivity contribution in [2.45, 2.75) is 19.6 Å². The fourth-order valence-electron chi connectivity index (χ4n) is 3.39. The van der Waals surface area contributed by atoms with Crippen molar-refractivity contribution in [2.24, 2.45) is 0 Å². The Morgan fingerprint density at radius 3 is 2.55 bits per heavy atom. The van der Waals surface area contributed by atoms with Gasteiger partial charge in [-0.3, -0.25) is 4.79 Å². The van der Waals surface area contributed by atoms with Gasteiger partial charge in [-0.05, 0) is 59.2 Å². The number of ether oxygens (including phenoxy) is 1. The van der Waals surface area contributed by atoms with Crippen molar-refractivity contribution >= 4 is 16.7 Å². The summed E-state index contributed by atoms with van der Waals surface area (Å²) in [5, 5.41) is 5.27. The molecule has 5 heteroatoms. The minimum atomic E-state index is -0.639. The van der Waals surface area contributed by atoms with E-state index in [1.807, 2.05) is 43.3 Å². The first-order valence-corrected chi connectivity index (χ1v) is 9.96. The smallest absolute Gasteiger partial charge is 0.251 e. The number of halogens is 2. The molecule has 1 atom stereocenters. The minimum absolute atomic E-state index is 0.0156. The molecule has 0 unspecified atom stereocenters. The Kier molecular flexibility index (Phi) is 5.94. The molecule has 0 spiro atoms. The lowest BCUT2D eigenvalue weighted by Gasteiger charge is -2.16. The van der Waals surface area contributed by atoms with Crippen LogP contribution in [0, 0.1) is 11.6 Å². The molecule has 0 bridgehead atoms. The van der Waals surface area contributed by atoms with E-state index in [0.717, 1.165) is 34.5 Å². The van der Waals surface area contributed by atoms with E-state index in [1.165, 1.54) is 0 Å². The van der Waals surface area contributed by atoms with Gasteiger partial charge >= 0.3 is 0 Å². The van der Waals surface area contributed by atoms with Crippen molar-refractivity contribution in [3.63, 3.8) is 0 Å². The van der Waals surface area contributed by atoms with E-state index in [1.54, 1.807) is 24.3 Å². The van der Waals surface area contributed by atoms with Gasteiger partial charge in [-0.2, -0.15) is 0 Å². The highest BCUT2D eigenvalue weighted by molar-refractivity contribution is 5.94. The van der Waals surface area contributed by atoms with Gasteiger partial charge in [0.15, 0.2) is 11.6 Å². The standard InChI is InChI=1S/C26H21F2NO2/c1-17(20-10-9-19-6-2-3-7-21(19)14-20)29-26(30)22-8-4-5-18(13-22)16-31-25-15-23(27)11-12-24(25)28/h2-15,17H,16H2,1H3,(H,29,30)/t17-/m1/s1. The number of hydrogen-bond donors (Lipinski definition) is 1. The molecule has 4 rings (SSSR count). The van der Waals surface area contributed by atoms with Gasteiger partial charge in [0.05, 0.1) is 6.04 Å². The van der Waals surface area contributed by atoms with E-state index in [4.69, 9.17) is 4.74 Å². The maximum atomic E-state index is 13.7. The Morgan fingerprint density at radius 2 is 1.71 bits per heavy atom. The zero-order valence-electron chi connectivity index (χ0n) is 16.9. The lowest BCUT2D eigenvalue weighted by atomic mass is 10.0. The largest absolute Gasteiger partial charge is 0.486 e. The summed E-state index contributed by atoms with van der Waals surface area (Å²) in [5.41, 5.74) is 2.15. The van der Waals surface area contributed by atoms with Gasteiger partial charge in [0.25, 0.3) is 5.91 Å². The van der Waals surface area contributed by atoms with Crippen LogP contribution in [0.5, 0.6) is 5.75 Å². The number of rotatable bonds is 6. The molecule has 1 N–H and O–H groups in total. The summed E-state index contributed by atoms with van der Waals surface area (Å²) in [6.07, 6.45) is 0. The molecule has 156 valence electrons. The van der Waals surface area contributed by atoms with E-state index < -0.39 is 11.6 Å². The number of nitrogens with one attached hydrogen (secondary N) is 1. The van der Waals surface area contributed by atoms with Crippen LogP contribution in [0.3, 0.4) is 0 Å². The van der Waals surface area contributed by atoms with Crippen LogP contribution < -0.4 is 10.1 Å². The lowest BCUT2D eigenvalue weighted by molar-refractivity contribution is 0.0939. The maximum absolute atomic E-state index is 13.7. The fraction of sp³-hybridized carbons (Fsp3) is 0.115. The summed E-state index contributed by atoms with van der Waals surface area (Å²) < 4.78 is 32.4. The van der Waals surface area contributed by atoms with Crippen LogP contribution in [-0.4, -0.2) is 5.91 Å². The second kappa shape index (κ2) is 8.96. The van der Waals surface area contributed by atoms with E-state index >= 15 is 0 Å². The number of hydrogen-bond acceptors (Lipinski definition) is 2. The van der Waals surface area contributed by atoms with Gasteiger partial charge in [0.1, 0.15) is 12.4 Å². The normalized spacial score (nSPS) is 11.8. The second-order valence-corrected chi connectivity index (χ2v) is 7.37. The van der Waals surface area contributed by atoms with Gasteiger partial charge in [-0.1, -0.05) is 48.5 Å². The number of carbonyl (C=O) groups excluding carboxylic acids is 1. The Labute approximate surface area is 179 Å². The summed E-state index contributed by atoms with van der Waals surface area (Å²) in [6, 6.07) is 23.9. The Morgan fingerprint density at radius 1 is 0.903 bits per heavy atom. The van der Waals surface area contributed by atoms with E-state index in [0.29, 0.717) is 11.1 Å². The van der Waals surface area contributed by atoms with Gasteiger partial charge in [-0.25, -0.2) is 8.78 Å². The molecule has 0 fully saturated rings. The third kappa shape index (κ3) is 4.89. The van der Waals surface area contributed by atoms with E-state index in [-0.39, 0.29) is 24.3 Å². The first-order valence-electron chi connectivity index (χ1n) is 9.96. The average Bonchev–Trinajstić information content (AvgIpc) is 2.79. The van der Waals surface area contributed by atoms with Crippen molar-refractivity contribution in [1.29, 1.82) is 0 Å². The number of fused-ring (bicyclic) bond motifs is 1. The molecule has 4 aromatic carbocycles. The monoisotopic (exact) mass is 417 g/mol. The minimum Gasteiger partial charge on any atom is -0.486 e. The molecule has 0 aliphatic carbocycles. The Hall–Kier alpha value is -3.73. The molecule has 0 aromatic heterocycles. The molecule has 0 radical (unpaired) electrons. The quantitative estimate of drug-likeness (QED) is 0.406. The zero-order chi connectivity index (χ0) is 21.8. The molecule has 0 aliphatic heterocycles. The van der Waals surface area contributed by atoms with Gasteiger partial charge in [-0.15, -0.1) is 0 Å². The van der Waals surface area contributed by atoms with Crippen LogP contribution in [0.4, 0.5) is 8.78 Å². The summed E-state index contributed by atoms with van der Waals surface area (Å²) in [4.78, 5) is 12.8. The highest BCUT2D eigenvalue weighted by Gasteiger charge is 2.13. The summed E-state index contributed by atoms with van der Waals surface area (Å²) in [7, 11) is 0. The van der Waals surface area contributed by atoms with Gasteiger partial charge in [0, 0.05) is 11.6 Å². The second-order valence-electron chi connectivity index (χ2n) is 7.37. The molecule has 31 heavy (non-hydrogen) atoms. The van der Waals surface area contributed by atoms with Gasteiger partial charge < -0.3 is 10.1 Å². The van der Waals surface area contributed by atoms with Crippen molar-refractivity contribution in [3.8, 4) is 5.75 Å². The Balaban J connectivity index is 1.44. The molecular formula is C26H21F2NO2. The number of carbonyl (C=O) groups is 1. The third-order valence-corrected chi connectivity index (χ3v) is 5.10. The predicted molar refractivity (Wildman–Crippen MR) is 117 cm³/mol. The van der Waals surface area contributed by atoms with Crippen LogP contribution in [0.2, 0.25) is 0 Å². The van der Waals surface area contributed by atoms with Crippen LogP contribution in [0.15, 0.2) is 84.9 Å². The molecule has 0 aliphatic rings. The summed E-state index contributed by atoms with van der Waals surface area (Å²) in [6.45, 7) is 1.95. The highest BCUT2D eigenvalue weighted by Crippen LogP contribution is 2.22. The fourth-order valence-corrected chi connectivity index (χ4v) is 3.39. The van der Waals surface area contributed by atoms with Crippen LogP contribution in [0.25, 0.3) is 10.8 Å². The topological polar surface area (TPSA) is 38.3 Å². The molecule has 1 amide bonds. The maximum Gasteiger partial charge on any atom is 0.251 e. The number of benzene rings is 4. The first kappa shape index (κ1) is 20.5. The molecular weight excluding hydrogens is 396 g/mol. The molecule has 0 saturated heterocycles. The van der Waals surface area contributed by atoms with E-state index in [9.17, 15) is 13.6 Å². The molecule has 4 aromatic rings. The number of amides is 1. The van der Waals surface area contributed by atoms with E-state index in [2.05, 4.69) is 11.4 Å². The van der Waals surface area contributed by atoms with Crippen LogP contribution in [-0.2, 0) is 6.61 Å². The summed E-state index contributed by atoms with van der Waals surface area (Å²) >= 11 is 0. The van der Waals surface area contributed by atoms with Crippen LogP contribution in [0.1, 0.15) is 34.5 Å². The van der Waals surface area contributed by atoms with Crippen LogP contribution >= 0.6 is 0 Å². The zero-order valence-corrected chi connectivity index (χ0v) is 16.9. The highest BCUT2D eigenvalue weighted by atomic mass is 19.1. The molecule has 0 saturated carbocycles. The van der Waals surface area contributed by atoms with Crippen molar-refractivity contribution in [3.05, 3.63) is 113 Å². The lowest BCUT2D eigenvalue weighted by Crippen LogP contribution is -2.26. The molecule has 0 heterocycles. The molecule has 3 nitrogen and oxygen atoms in total. The first-order chi connectivity index (χ1) is 15.0. The third-order valence-electron chi connectivity index (χ3n) is 5.10. The summed E-state index contributed by atoms with van der Waals surface area (Å²) in [5.74, 6) is -1.61. The van der Waals surface area contributed by atoms with Crippen molar-refractivity contribution in [2.75, 3.05) is 0 Å². The average molecular weight is 417 g/mol. The predicted octanol–water partition coefficient (Wildman–Crippen LogP) is 6.19. The SMILES string of the molecule is C[C@@H](NC(=O)c1cccc(COc2cc(F)ccc2F)c1)c1ccc2ccccc2c1.